The van der Waals surface area contributed by atoms with Crippen molar-refractivity contribution in [3.8, 4) is 11.3 Å². The van der Waals surface area contributed by atoms with Gasteiger partial charge < -0.3 is 10.3 Å². The number of hydrogen-bond donors (Lipinski definition) is 1. The zero-order valence-corrected chi connectivity index (χ0v) is 13.6. The Morgan fingerprint density at radius 1 is 1.42 bits per heavy atom. The van der Waals surface area contributed by atoms with Crippen LogP contribution in [0.1, 0.15) is 32.6 Å². The Morgan fingerprint density at radius 2 is 2.11 bits per heavy atom. The molecule has 0 saturated carbocycles. The zero-order chi connectivity index (χ0) is 14.2. The van der Waals surface area contributed by atoms with Crippen LogP contribution in [0.2, 0.25) is 5.02 Å². The Bertz CT molecular complexity index is 605. The second-order valence-corrected chi connectivity index (χ2v) is 6.03. The average Bonchev–Trinajstić information content (AvgIpc) is 2.66. The van der Waals surface area contributed by atoms with E-state index in [9.17, 15) is 0 Å². The van der Waals surface area contributed by atoms with Crippen LogP contribution >= 0.6 is 27.5 Å². The highest BCUT2D eigenvalue weighted by atomic mass is 79.9. The summed E-state index contributed by atoms with van der Waals surface area (Å²) in [5, 5.41) is 0.650. The number of halogens is 2. The molecule has 3 nitrogen and oxygen atoms in total. The maximum atomic E-state index is 6.29. The van der Waals surface area contributed by atoms with Crippen LogP contribution in [0.3, 0.4) is 0 Å². The van der Waals surface area contributed by atoms with Gasteiger partial charge in [-0.15, -0.1) is 0 Å². The highest BCUT2D eigenvalue weighted by Crippen LogP contribution is 2.35. The molecule has 1 aromatic carbocycles. The van der Waals surface area contributed by atoms with Crippen molar-refractivity contribution in [2.24, 2.45) is 0 Å². The third-order valence-corrected chi connectivity index (χ3v) is 3.85. The van der Waals surface area contributed by atoms with Crippen LogP contribution in [-0.4, -0.2) is 9.55 Å². The van der Waals surface area contributed by atoms with E-state index >= 15 is 0 Å². The fraction of sp³-hybridized carbons (Fsp3) is 0.357. The van der Waals surface area contributed by atoms with Crippen molar-refractivity contribution in [1.29, 1.82) is 0 Å². The van der Waals surface area contributed by atoms with Gasteiger partial charge in [0.1, 0.15) is 17.3 Å². The molecular formula is C14H17BrClN3. The quantitative estimate of drug-likeness (QED) is 0.879. The first kappa shape index (κ1) is 14.4. The first-order valence-corrected chi connectivity index (χ1v) is 7.44. The topological polar surface area (TPSA) is 43.8 Å². The molecule has 5 heteroatoms. The lowest BCUT2D eigenvalue weighted by molar-refractivity contribution is 0.579. The molecule has 0 spiro atoms. The summed E-state index contributed by atoms with van der Waals surface area (Å²) in [5.74, 6) is 1.66. The molecule has 0 fully saturated rings. The summed E-state index contributed by atoms with van der Waals surface area (Å²) in [4.78, 5) is 4.65. The SMILES string of the molecule is CCc1nc(-c2ccc(Br)cc2Cl)c(N)n1C(C)C. The molecule has 0 atom stereocenters. The van der Waals surface area contributed by atoms with E-state index in [4.69, 9.17) is 17.3 Å². The summed E-state index contributed by atoms with van der Waals surface area (Å²) in [6.45, 7) is 6.28. The van der Waals surface area contributed by atoms with Gasteiger partial charge in [0.05, 0.1) is 5.02 Å². The van der Waals surface area contributed by atoms with Crippen LogP contribution in [0.15, 0.2) is 22.7 Å². The second kappa shape index (κ2) is 5.55. The third-order valence-electron chi connectivity index (χ3n) is 3.04. The van der Waals surface area contributed by atoms with E-state index in [2.05, 4.69) is 46.3 Å². The number of aryl methyl sites for hydroxylation is 1. The Morgan fingerprint density at radius 3 is 2.58 bits per heavy atom. The van der Waals surface area contributed by atoms with Gasteiger partial charge in [0, 0.05) is 22.5 Å². The molecule has 0 aliphatic rings. The Balaban J connectivity index is 2.63. The molecule has 102 valence electrons. The number of nitrogens with zero attached hydrogens (tertiary/aromatic N) is 2. The van der Waals surface area contributed by atoms with E-state index in [1.165, 1.54) is 0 Å². The van der Waals surface area contributed by atoms with Gasteiger partial charge in [-0.05, 0) is 26.0 Å². The van der Waals surface area contributed by atoms with Gasteiger partial charge in [-0.25, -0.2) is 4.98 Å². The maximum Gasteiger partial charge on any atom is 0.132 e. The molecule has 0 aliphatic heterocycles. The predicted octanol–water partition coefficient (Wildman–Crippen LogP) is 4.69. The molecule has 0 bridgehead atoms. The third kappa shape index (κ3) is 2.65. The summed E-state index contributed by atoms with van der Waals surface area (Å²) in [5.41, 5.74) is 7.89. The smallest absolute Gasteiger partial charge is 0.132 e. The fourth-order valence-electron chi connectivity index (χ4n) is 2.20. The van der Waals surface area contributed by atoms with Crippen molar-refractivity contribution < 1.29 is 0 Å². The van der Waals surface area contributed by atoms with Gasteiger partial charge in [0.25, 0.3) is 0 Å². The van der Waals surface area contributed by atoms with Crippen LogP contribution in [0.25, 0.3) is 11.3 Å². The van der Waals surface area contributed by atoms with E-state index in [0.717, 1.165) is 28.0 Å². The average molecular weight is 343 g/mol. The van der Waals surface area contributed by atoms with Gasteiger partial charge in [0.15, 0.2) is 0 Å². The summed E-state index contributed by atoms with van der Waals surface area (Å²) in [6, 6.07) is 6.03. The Hall–Kier alpha value is -1.00. The highest BCUT2D eigenvalue weighted by Gasteiger charge is 2.18. The Labute approximate surface area is 126 Å². The number of anilines is 1. The molecule has 0 radical (unpaired) electrons. The van der Waals surface area contributed by atoms with Crippen molar-refractivity contribution in [1.82, 2.24) is 9.55 Å². The Kier molecular flexibility index (Phi) is 4.21. The molecule has 0 unspecified atom stereocenters. The first-order valence-electron chi connectivity index (χ1n) is 6.27. The predicted molar refractivity (Wildman–Crippen MR) is 84.5 cm³/mol. The highest BCUT2D eigenvalue weighted by molar-refractivity contribution is 9.10. The molecule has 2 N–H and O–H groups in total. The molecule has 1 heterocycles. The minimum absolute atomic E-state index is 0.283. The summed E-state index contributed by atoms with van der Waals surface area (Å²) in [6.07, 6.45) is 0.844. The van der Waals surface area contributed by atoms with Gasteiger partial charge in [-0.1, -0.05) is 40.5 Å². The number of aromatic nitrogens is 2. The lowest BCUT2D eigenvalue weighted by Gasteiger charge is -2.12. The molecule has 0 saturated heterocycles. The molecule has 1 aromatic heterocycles. The number of nitrogens with two attached hydrogens (primary N) is 1. The largest absolute Gasteiger partial charge is 0.383 e. The minimum Gasteiger partial charge on any atom is -0.383 e. The van der Waals surface area contributed by atoms with E-state index < -0.39 is 0 Å². The fourth-order valence-corrected chi connectivity index (χ4v) is 2.96. The number of hydrogen-bond acceptors (Lipinski definition) is 2. The van der Waals surface area contributed by atoms with Gasteiger partial charge in [-0.2, -0.15) is 0 Å². The minimum atomic E-state index is 0.283. The normalized spacial score (nSPS) is 11.3. The van der Waals surface area contributed by atoms with Crippen molar-refractivity contribution in [3.05, 3.63) is 33.5 Å². The molecule has 0 amide bonds. The number of imidazole rings is 1. The van der Waals surface area contributed by atoms with Crippen molar-refractivity contribution in [2.75, 3.05) is 5.73 Å². The van der Waals surface area contributed by atoms with Gasteiger partial charge in [-0.3, -0.25) is 0 Å². The molecular weight excluding hydrogens is 326 g/mol. The second-order valence-electron chi connectivity index (χ2n) is 4.70. The van der Waals surface area contributed by atoms with E-state index in [-0.39, 0.29) is 6.04 Å². The van der Waals surface area contributed by atoms with Crippen molar-refractivity contribution in [2.45, 2.75) is 33.2 Å². The summed E-state index contributed by atoms with van der Waals surface area (Å²) < 4.78 is 3.01. The van der Waals surface area contributed by atoms with Crippen LogP contribution in [0.4, 0.5) is 5.82 Å². The van der Waals surface area contributed by atoms with Crippen LogP contribution < -0.4 is 5.73 Å². The number of rotatable bonds is 3. The van der Waals surface area contributed by atoms with Crippen LogP contribution in [0.5, 0.6) is 0 Å². The van der Waals surface area contributed by atoms with Crippen molar-refractivity contribution in [3.63, 3.8) is 0 Å². The van der Waals surface area contributed by atoms with Gasteiger partial charge >= 0.3 is 0 Å². The lowest BCUT2D eigenvalue weighted by atomic mass is 10.1. The molecule has 0 aliphatic carbocycles. The number of nitrogen functional groups attached to an aromatic ring is 1. The van der Waals surface area contributed by atoms with Gasteiger partial charge in [0.2, 0.25) is 0 Å². The maximum absolute atomic E-state index is 6.29. The monoisotopic (exact) mass is 341 g/mol. The van der Waals surface area contributed by atoms with E-state index in [1.54, 1.807) is 0 Å². The van der Waals surface area contributed by atoms with Crippen LogP contribution in [-0.2, 0) is 6.42 Å². The number of benzene rings is 1. The van der Waals surface area contributed by atoms with E-state index in [1.807, 2.05) is 18.2 Å². The van der Waals surface area contributed by atoms with E-state index in [0.29, 0.717) is 10.8 Å². The van der Waals surface area contributed by atoms with Crippen molar-refractivity contribution >= 4 is 33.3 Å². The summed E-state index contributed by atoms with van der Waals surface area (Å²) >= 11 is 9.69. The first-order chi connectivity index (χ1) is 8.95. The molecule has 2 aromatic rings. The lowest BCUT2D eigenvalue weighted by Crippen LogP contribution is -2.08. The zero-order valence-electron chi connectivity index (χ0n) is 11.2. The molecule has 19 heavy (non-hydrogen) atoms. The molecule has 2 rings (SSSR count). The standard InChI is InChI=1S/C14H17BrClN3/c1-4-12-18-13(14(17)19(12)8(2)3)10-6-5-9(15)7-11(10)16/h5-8H,4,17H2,1-3H3. The van der Waals surface area contributed by atoms with Crippen LogP contribution in [0, 0.1) is 0 Å². The summed E-state index contributed by atoms with van der Waals surface area (Å²) in [7, 11) is 0.